The summed E-state index contributed by atoms with van der Waals surface area (Å²) in [5, 5.41) is 0.207. The molecule has 0 saturated heterocycles. The zero-order chi connectivity index (χ0) is 8.15. The van der Waals surface area contributed by atoms with E-state index in [2.05, 4.69) is 5.43 Å². The van der Waals surface area contributed by atoms with E-state index in [9.17, 15) is 0 Å². The quantitative estimate of drug-likeness (QED) is 0.194. The Morgan fingerprint density at radius 2 is 2.00 bits per heavy atom. The lowest BCUT2D eigenvalue weighted by molar-refractivity contribution is 0.866. The van der Waals surface area contributed by atoms with Gasteiger partial charge in [0.1, 0.15) is 11.0 Å². The van der Waals surface area contributed by atoms with E-state index in [0.717, 1.165) is 0 Å². The minimum absolute atomic E-state index is 0.207. The lowest BCUT2D eigenvalue weighted by atomic mass is 10.3. The smallest absolute Gasteiger partial charge is 0.111 e. The molecule has 4 nitrogen and oxygen atoms in total. The van der Waals surface area contributed by atoms with Gasteiger partial charge in [-0.25, -0.2) is 5.84 Å². The van der Waals surface area contributed by atoms with Crippen LogP contribution in [0, 0.1) is 0 Å². The van der Waals surface area contributed by atoms with E-state index < -0.39 is 0 Å². The molecule has 0 aliphatic heterocycles. The highest BCUT2D eigenvalue weighted by molar-refractivity contribution is 6.29. The van der Waals surface area contributed by atoms with Crippen molar-refractivity contribution in [3.63, 3.8) is 0 Å². The summed E-state index contributed by atoms with van der Waals surface area (Å²) < 4.78 is 0. The van der Waals surface area contributed by atoms with E-state index in [0.29, 0.717) is 11.4 Å². The Kier molecular flexibility index (Phi) is 3.68. The number of hydrazine groups is 1. The first-order valence-electron chi connectivity index (χ1n) is 2.63. The van der Waals surface area contributed by atoms with Crippen molar-refractivity contribution in [2.24, 2.45) is 17.3 Å². The predicted molar refractivity (Wildman–Crippen MR) is 42.3 cm³/mol. The molecule has 10 heavy (non-hydrogen) atoms. The van der Waals surface area contributed by atoms with Crippen LogP contribution in [0.2, 0.25) is 0 Å². The molecule has 0 bridgehead atoms. The van der Waals surface area contributed by atoms with Gasteiger partial charge in [-0.15, -0.1) is 0 Å². The topological polar surface area (TPSA) is 90.1 Å². The van der Waals surface area contributed by atoms with Crippen LogP contribution in [0.1, 0.15) is 6.92 Å². The minimum atomic E-state index is 0.207. The van der Waals surface area contributed by atoms with Crippen LogP contribution in [0.15, 0.2) is 22.6 Å². The van der Waals surface area contributed by atoms with Crippen molar-refractivity contribution in [3.05, 3.63) is 22.6 Å². The normalized spacial score (nSPS) is 14.5. The number of rotatable bonds is 2. The lowest BCUT2D eigenvalue weighted by Crippen LogP contribution is -2.26. The Balaban J connectivity index is 4.27. The highest BCUT2D eigenvalue weighted by Crippen LogP contribution is 2.03. The molecule has 0 aromatic rings. The zero-order valence-electron chi connectivity index (χ0n) is 5.69. The molecule has 0 radical (unpaired) electrons. The first kappa shape index (κ1) is 9.13. The molecule has 0 spiro atoms. The van der Waals surface area contributed by atoms with Gasteiger partial charge in [0.15, 0.2) is 0 Å². The van der Waals surface area contributed by atoms with Gasteiger partial charge in [-0.1, -0.05) is 11.6 Å². The second-order valence-electron chi connectivity index (χ2n) is 1.77. The van der Waals surface area contributed by atoms with Crippen molar-refractivity contribution in [2.75, 3.05) is 0 Å². The van der Waals surface area contributed by atoms with E-state index >= 15 is 0 Å². The SMILES string of the molecule is CC(/C=C(\N)NN)=C(/N)Cl. The summed E-state index contributed by atoms with van der Waals surface area (Å²) in [6.07, 6.45) is 1.54. The van der Waals surface area contributed by atoms with Crippen molar-refractivity contribution in [1.82, 2.24) is 5.43 Å². The fourth-order valence-corrected chi connectivity index (χ4v) is 0.398. The average Bonchev–Trinajstić information content (AvgIpc) is 1.87. The van der Waals surface area contributed by atoms with Crippen LogP contribution in [0.25, 0.3) is 0 Å². The highest BCUT2D eigenvalue weighted by Gasteiger charge is 1.90. The minimum Gasteiger partial charge on any atom is -0.389 e. The molecule has 0 saturated carbocycles. The first-order chi connectivity index (χ1) is 4.57. The van der Waals surface area contributed by atoms with Crippen LogP contribution in [-0.4, -0.2) is 0 Å². The molecule has 0 fully saturated rings. The van der Waals surface area contributed by atoms with E-state index in [4.69, 9.17) is 28.9 Å². The van der Waals surface area contributed by atoms with E-state index in [1.165, 1.54) is 0 Å². The van der Waals surface area contributed by atoms with Crippen LogP contribution in [0.3, 0.4) is 0 Å². The first-order valence-corrected chi connectivity index (χ1v) is 3.01. The molecular weight excluding hydrogens is 152 g/mol. The third-order valence-electron chi connectivity index (χ3n) is 0.915. The molecule has 0 amide bonds. The van der Waals surface area contributed by atoms with Crippen LogP contribution in [0.4, 0.5) is 0 Å². The Hall–Kier alpha value is -0.870. The van der Waals surface area contributed by atoms with Gasteiger partial charge in [-0.05, 0) is 18.6 Å². The van der Waals surface area contributed by atoms with Crippen molar-refractivity contribution >= 4 is 11.6 Å². The number of hydrogen-bond acceptors (Lipinski definition) is 4. The van der Waals surface area contributed by atoms with Gasteiger partial charge in [0.2, 0.25) is 0 Å². The molecule has 0 aliphatic carbocycles. The Bertz CT molecular complexity index is 168. The van der Waals surface area contributed by atoms with Gasteiger partial charge in [0, 0.05) is 0 Å². The number of allylic oxidation sites excluding steroid dienone is 2. The van der Waals surface area contributed by atoms with Crippen LogP contribution < -0.4 is 22.7 Å². The maximum Gasteiger partial charge on any atom is 0.111 e. The third kappa shape index (κ3) is 3.21. The van der Waals surface area contributed by atoms with Gasteiger partial charge < -0.3 is 16.9 Å². The van der Waals surface area contributed by atoms with Gasteiger partial charge in [0.25, 0.3) is 0 Å². The van der Waals surface area contributed by atoms with Crippen molar-refractivity contribution in [1.29, 1.82) is 0 Å². The van der Waals surface area contributed by atoms with Crippen LogP contribution in [-0.2, 0) is 0 Å². The van der Waals surface area contributed by atoms with Gasteiger partial charge in [-0.3, -0.25) is 0 Å². The molecule has 0 heterocycles. The Morgan fingerprint density at radius 3 is 2.30 bits per heavy atom. The zero-order valence-corrected chi connectivity index (χ0v) is 6.44. The molecule has 7 N–H and O–H groups in total. The summed E-state index contributed by atoms with van der Waals surface area (Å²) in [5.74, 6) is 5.29. The molecule has 0 aliphatic rings. The van der Waals surface area contributed by atoms with E-state index in [1.54, 1.807) is 13.0 Å². The molecular formula is C5H11ClN4. The number of halogens is 1. The summed E-state index contributed by atoms with van der Waals surface area (Å²) in [4.78, 5) is 0. The number of nitrogens with one attached hydrogen (secondary N) is 1. The second-order valence-corrected chi connectivity index (χ2v) is 2.18. The standard InChI is InChI=1S/C5H11ClN4/c1-3(5(6)8)2-4(7)10-9/h2,10H,7-9H2,1H3/b4-2+,5-3-. The van der Waals surface area contributed by atoms with Gasteiger partial charge >= 0.3 is 0 Å². The maximum atomic E-state index is 5.42. The van der Waals surface area contributed by atoms with E-state index in [-0.39, 0.29) is 5.16 Å². The monoisotopic (exact) mass is 162 g/mol. The molecule has 0 aromatic carbocycles. The van der Waals surface area contributed by atoms with Gasteiger partial charge in [-0.2, -0.15) is 0 Å². The highest BCUT2D eigenvalue weighted by atomic mass is 35.5. The van der Waals surface area contributed by atoms with Crippen LogP contribution >= 0.6 is 11.6 Å². The number of nitrogens with two attached hydrogens (primary N) is 3. The Labute approximate surface area is 64.7 Å². The fourth-order valence-electron chi connectivity index (χ4n) is 0.344. The molecule has 58 valence electrons. The van der Waals surface area contributed by atoms with Crippen molar-refractivity contribution in [3.8, 4) is 0 Å². The molecule has 0 aromatic heterocycles. The molecule has 0 unspecified atom stereocenters. The molecule has 5 heteroatoms. The lowest BCUT2D eigenvalue weighted by Gasteiger charge is -1.98. The van der Waals surface area contributed by atoms with E-state index in [1.807, 2.05) is 0 Å². The summed E-state index contributed by atoms with van der Waals surface area (Å²) in [6.45, 7) is 1.73. The summed E-state index contributed by atoms with van der Waals surface area (Å²) >= 11 is 5.42. The van der Waals surface area contributed by atoms with Crippen LogP contribution in [0.5, 0.6) is 0 Å². The molecule has 0 atom stereocenters. The third-order valence-corrected chi connectivity index (χ3v) is 1.21. The number of hydrogen-bond donors (Lipinski definition) is 4. The molecule has 0 rings (SSSR count). The summed E-state index contributed by atoms with van der Waals surface area (Å²) in [6, 6.07) is 0. The summed E-state index contributed by atoms with van der Waals surface area (Å²) in [7, 11) is 0. The predicted octanol–water partition coefficient (Wildman–Crippen LogP) is -0.321. The van der Waals surface area contributed by atoms with Crippen molar-refractivity contribution in [2.45, 2.75) is 6.92 Å². The average molecular weight is 163 g/mol. The van der Waals surface area contributed by atoms with Gasteiger partial charge in [0.05, 0.1) is 0 Å². The fraction of sp³-hybridized carbons (Fsp3) is 0.200. The van der Waals surface area contributed by atoms with Crippen molar-refractivity contribution < 1.29 is 0 Å². The second kappa shape index (κ2) is 4.03. The Morgan fingerprint density at radius 1 is 1.50 bits per heavy atom. The summed E-state index contributed by atoms with van der Waals surface area (Å²) in [5.41, 5.74) is 13.4. The largest absolute Gasteiger partial charge is 0.389 e. The maximum absolute atomic E-state index is 5.42.